The second-order valence-electron chi connectivity index (χ2n) is 7.53. The van der Waals surface area contributed by atoms with Gasteiger partial charge in [-0.3, -0.25) is 9.78 Å². The van der Waals surface area contributed by atoms with Crippen molar-refractivity contribution >= 4 is 11.6 Å². The van der Waals surface area contributed by atoms with Gasteiger partial charge in [0.2, 0.25) is 0 Å². The largest absolute Gasteiger partial charge is 0.397 e. The van der Waals surface area contributed by atoms with Gasteiger partial charge < -0.3 is 10.6 Å². The van der Waals surface area contributed by atoms with Gasteiger partial charge in [0.15, 0.2) is 0 Å². The zero-order valence-electron chi connectivity index (χ0n) is 16.1. The van der Waals surface area contributed by atoms with E-state index < -0.39 is 0 Å². The number of hydrogen-bond donors (Lipinski definition) is 1. The number of likely N-dealkylation sites (tertiary alicyclic amines) is 1. The lowest BCUT2D eigenvalue weighted by molar-refractivity contribution is 0.0707. The van der Waals surface area contributed by atoms with Crippen LogP contribution in [-0.4, -0.2) is 28.9 Å². The van der Waals surface area contributed by atoms with Crippen molar-refractivity contribution in [3.63, 3.8) is 0 Å². The molecule has 1 amide bonds. The Bertz CT molecular complexity index is 998. The monoisotopic (exact) mass is 371 g/mol. The topological polar surface area (TPSA) is 59.2 Å². The third-order valence-electron chi connectivity index (χ3n) is 5.54. The fourth-order valence-corrected chi connectivity index (χ4v) is 4.09. The highest BCUT2D eigenvalue weighted by molar-refractivity contribution is 5.95. The Balaban J connectivity index is 1.56. The van der Waals surface area contributed by atoms with Crippen LogP contribution < -0.4 is 5.73 Å². The number of piperidine rings is 1. The molecule has 0 spiro atoms. The fourth-order valence-electron chi connectivity index (χ4n) is 4.09. The van der Waals surface area contributed by atoms with Gasteiger partial charge in [0.25, 0.3) is 5.91 Å². The summed E-state index contributed by atoms with van der Waals surface area (Å²) in [5, 5.41) is 0. The molecule has 1 aromatic heterocycles. The van der Waals surface area contributed by atoms with E-state index >= 15 is 0 Å². The third kappa shape index (κ3) is 3.77. The van der Waals surface area contributed by atoms with Gasteiger partial charge in [0.1, 0.15) is 0 Å². The molecule has 0 saturated carbocycles. The highest BCUT2D eigenvalue weighted by atomic mass is 16.2. The quantitative estimate of drug-likeness (QED) is 0.728. The summed E-state index contributed by atoms with van der Waals surface area (Å²) < 4.78 is 0. The standard InChI is InChI=1S/C24H25N3O/c1-17-6-2-3-10-23(17)20-9-5-11-27(16-20)24(28)19-8-4-7-18(12-19)21-13-22(25)15-26-14-21/h2-4,6-8,10,12-15,20H,5,9,11,16,25H2,1H3. The maximum Gasteiger partial charge on any atom is 0.253 e. The molecule has 2 N–H and O–H groups in total. The number of nitrogens with two attached hydrogens (primary N) is 1. The summed E-state index contributed by atoms with van der Waals surface area (Å²) in [6.07, 6.45) is 5.56. The smallest absolute Gasteiger partial charge is 0.253 e. The summed E-state index contributed by atoms with van der Waals surface area (Å²) in [5.41, 5.74) is 11.7. The third-order valence-corrected chi connectivity index (χ3v) is 5.54. The number of nitrogens with zero attached hydrogens (tertiary/aromatic N) is 2. The number of aromatic nitrogens is 1. The molecule has 0 bridgehead atoms. The number of nitrogen functional groups attached to an aromatic ring is 1. The minimum Gasteiger partial charge on any atom is -0.397 e. The first-order chi connectivity index (χ1) is 13.6. The van der Waals surface area contributed by atoms with Crippen LogP contribution in [0.5, 0.6) is 0 Å². The number of carbonyl (C=O) groups excluding carboxylic acids is 1. The number of pyridine rings is 1. The summed E-state index contributed by atoms with van der Waals surface area (Å²) in [4.78, 5) is 19.4. The number of rotatable bonds is 3. The molecule has 0 radical (unpaired) electrons. The van der Waals surface area contributed by atoms with Crippen LogP contribution in [0.15, 0.2) is 67.0 Å². The molecule has 0 aliphatic carbocycles. The number of benzene rings is 2. The van der Waals surface area contributed by atoms with Crippen molar-refractivity contribution in [1.29, 1.82) is 0 Å². The van der Waals surface area contributed by atoms with Crippen molar-refractivity contribution in [3.05, 3.63) is 83.7 Å². The Kier molecular flexibility index (Phi) is 5.11. The zero-order chi connectivity index (χ0) is 19.5. The van der Waals surface area contributed by atoms with E-state index in [-0.39, 0.29) is 5.91 Å². The van der Waals surface area contributed by atoms with Crippen LogP contribution in [0.1, 0.15) is 40.2 Å². The van der Waals surface area contributed by atoms with E-state index in [1.54, 1.807) is 12.4 Å². The van der Waals surface area contributed by atoms with E-state index in [0.717, 1.165) is 37.1 Å². The summed E-state index contributed by atoms with van der Waals surface area (Å²) in [7, 11) is 0. The van der Waals surface area contributed by atoms with Crippen molar-refractivity contribution < 1.29 is 4.79 Å². The predicted molar refractivity (Wildman–Crippen MR) is 113 cm³/mol. The number of anilines is 1. The lowest BCUT2D eigenvalue weighted by Crippen LogP contribution is -2.39. The maximum atomic E-state index is 13.2. The van der Waals surface area contributed by atoms with Crippen LogP contribution in [0.2, 0.25) is 0 Å². The lowest BCUT2D eigenvalue weighted by atomic mass is 9.87. The average Bonchev–Trinajstić information content (AvgIpc) is 2.74. The van der Waals surface area contributed by atoms with E-state index in [1.807, 2.05) is 35.2 Å². The first kappa shape index (κ1) is 18.2. The van der Waals surface area contributed by atoms with Crippen molar-refractivity contribution in [1.82, 2.24) is 9.88 Å². The molecule has 4 heteroatoms. The average molecular weight is 371 g/mol. The van der Waals surface area contributed by atoms with Crippen molar-refractivity contribution in [2.45, 2.75) is 25.7 Å². The van der Waals surface area contributed by atoms with E-state index in [1.165, 1.54) is 11.1 Å². The number of hydrogen-bond acceptors (Lipinski definition) is 3. The highest BCUT2D eigenvalue weighted by Crippen LogP contribution is 2.30. The molecule has 28 heavy (non-hydrogen) atoms. The Morgan fingerprint density at radius 1 is 1.07 bits per heavy atom. The van der Waals surface area contributed by atoms with Gasteiger partial charge >= 0.3 is 0 Å². The molecule has 1 aliphatic rings. The van der Waals surface area contributed by atoms with Crippen LogP contribution in [0, 0.1) is 6.92 Å². The lowest BCUT2D eigenvalue weighted by Gasteiger charge is -2.34. The van der Waals surface area contributed by atoms with Crippen LogP contribution in [0.25, 0.3) is 11.1 Å². The molecular formula is C24H25N3O. The SMILES string of the molecule is Cc1ccccc1C1CCCN(C(=O)c2cccc(-c3cncc(N)c3)c2)C1. The molecule has 1 aliphatic heterocycles. The summed E-state index contributed by atoms with van der Waals surface area (Å²) in [6, 6.07) is 18.1. The molecule has 4 rings (SSSR count). The van der Waals surface area contributed by atoms with Crippen LogP contribution in [0.3, 0.4) is 0 Å². The van der Waals surface area contributed by atoms with Crippen LogP contribution in [0.4, 0.5) is 5.69 Å². The van der Waals surface area contributed by atoms with Crippen LogP contribution >= 0.6 is 0 Å². The molecule has 1 unspecified atom stereocenters. The number of amides is 1. The first-order valence-electron chi connectivity index (χ1n) is 9.77. The van der Waals surface area contributed by atoms with Gasteiger partial charge in [0.05, 0.1) is 5.69 Å². The van der Waals surface area contributed by atoms with Gasteiger partial charge in [-0.2, -0.15) is 0 Å². The van der Waals surface area contributed by atoms with Gasteiger partial charge in [-0.15, -0.1) is 0 Å². The van der Waals surface area contributed by atoms with Gasteiger partial charge in [0, 0.05) is 42.5 Å². The molecule has 3 aromatic rings. The molecule has 2 heterocycles. The van der Waals surface area contributed by atoms with Crippen molar-refractivity contribution in [2.75, 3.05) is 18.8 Å². The Morgan fingerprint density at radius 2 is 1.93 bits per heavy atom. The molecular weight excluding hydrogens is 346 g/mol. The predicted octanol–water partition coefficient (Wildman–Crippen LogP) is 4.66. The van der Waals surface area contributed by atoms with E-state index in [2.05, 4.69) is 36.2 Å². The van der Waals surface area contributed by atoms with E-state index in [9.17, 15) is 4.79 Å². The van der Waals surface area contributed by atoms with Gasteiger partial charge in [-0.25, -0.2) is 0 Å². The second-order valence-corrected chi connectivity index (χ2v) is 7.53. The second kappa shape index (κ2) is 7.85. The Morgan fingerprint density at radius 3 is 2.75 bits per heavy atom. The van der Waals surface area contributed by atoms with Crippen molar-refractivity contribution in [3.8, 4) is 11.1 Å². The molecule has 2 aromatic carbocycles. The summed E-state index contributed by atoms with van der Waals surface area (Å²) in [5.74, 6) is 0.497. The Hall–Kier alpha value is -3.14. The minimum atomic E-state index is 0.0944. The van der Waals surface area contributed by atoms with Crippen molar-refractivity contribution in [2.24, 2.45) is 0 Å². The maximum absolute atomic E-state index is 13.2. The number of aryl methyl sites for hydroxylation is 1. The highest BCUT2D eigenvalue weighted by Gasteiger charge is 2.26. The molecule has 1 fully saturated rings. The van der Waals surface area contributed by atoms with Crippen LogP contribution in [-0.2, 0) is 0 Å². The minimum absolute atomic E-state index is 0.0944. The molecule has 1 atom stereocenters. The summed E-state index contributed by atoms with van der Waals surface area (Å²) in [6.45, 7) is 3.73. The molecule has 142 valence electrons. The fraction of sp³-hybridized carbons (Fsp3) is 0.250. The molecule has 4 nitrogen and oxygen atoms in total. The Labute approximate surface area is 166 Å². The van der Waals surface area contributed by atoms with E-state index in [4.69, 9.17) is 5.73 Å². The molecule has 1 saturated heterocycles. The normalized spacial score (nSPS) is 16.8. The van der Waals surface area contributed by atoms with Gasteiger partial charge in [-0.05, 0) is 54.7 Å². The summed E-state index contributed by atoms with van der Waals surface area (Å²) >= 11 is 0. The van der Waals surface area contributed by atoms with E-state index in [0.29, 0.717) is 17.2 Å². The number of carbonyl (C=O) groups is 1. The van der Waals surface area contributed by atoms with Gasteiger partial charge in [-0.1, -0.05) is 36.4 Å². The first-order valence-corrected chi connectivity index (χ1v) is 9.77. The zero-order valence-corrected chi connectivity index (χ0v) is 16.1.